The van der Waals surface area contributed by atoms with Crippen LogP contribution in [0.5, 0.6) is 11.5 Å². The third-order valence-electron chi connectivity index (χ3n) is 4.18. The van der Waals surface area contributed by atoms with Gasteiger partial charge in [0.1, 0.15) is 23.3 Å². The number of thioether (sulfide) groups is 1. The Hall–Kier alpha value is -2.88. The van der Waals surface area contributed by atoms with Crippen molar-refractivity contribution in [3.63, 3.8) is 0 Å². The fourth-order valence-electron chi connectivity index (χ4n) is 2.87. The van der Waals surface area contributed by atoms with Crippen LogP contribution in [0.15, 0.2) is 56.6 Å². The first-order valence-electron chi connectivity index (χ1n) is 8.17. The van der Waals surface area contributed by atoms with E-state index in [1.54, 1.807) is 56.9 Å². The van der Waals surface area contributed by atoms with Crippen LogP contribution in [0.4, 0.5) is 0 Å². The second-order valence-electron chi connectivity index (χ2n) is 5.69. The molecule has 2 aromatic carbocycles. The maximum atomic E-state index is 12.4. The molecule has 1 aromatic heterocycles. The molecule has 0 fully saturated rings. The van der Waals surface area contributed by atoms with Gasteiger partial charge in [0.15, 0.2) is 5.56 Å². The van der Waals surface area contributed by atoms with Crippen molar-refractivity contribution in [2.24, 2.45) is 0 Å². The van der Waals surface area contributed by atoms with E-state index in [4.69, 9.17) is 25.5 Å². The van der Waals surface area contributed by atoms with Crippen LogP contribution < -0.4 is 15.1 Å². The Bertz CT molecular complexity index is 1120. The fourth-order valence-corrected chi connectivity index (χ4v) is 3.74. The van der Waals surface area contributed by atoms with Crippen LogP contribution in [0, 0.1) is 11.3 Å². The molecular formula is C21H16ClNO4S. The quantitative estimate of drug-likeness (QED) is 0.533. The van der Waals surface area contributed by atoms with E-state index < -0.39 is 5.63 Å². The van der Waals surface area contributed by atoms with E-state index in [0.29, 0.717) is 43.9 Å². The van der Waals surface area contributed by atoms with Crippen LogP contribution in [0.3, 0.4) is 0 Å². The van der Waals surface area contributed by atoms with E-state index in [0.717, 1.165) is 0 Å². The molecular weight excluding hydrogens is 398 g/mol. The summed E-state index contributed by atoms with van der Waals surface area (Å²) in [6.07, 6.45) is 1.81. The minimum atomic E-state index is -0.687. The van der Waals surface area contributed by atoms with Gasteiger partial charge < -0.3 is 13.9 Å². The zero-order chi connectivity index (χ0) is 20.3. The maximum absolute atomic E-state index is 12.4. The average Bonchev–Trinajstić information content (AvgIpc) is 2.73. The minimum absolute atomic E-state index is 0.0434. The Kier molecular flexibility index (Phi) is 5.98. The molecule has 0 radical (unpaired) electrons. The fraction of sp³-hybridized carbons (Fsp3) is 0.143. The largest absolute Gasteiger partial charge is 0.497 e. The van der Waals surface area contributed by atoms with Crippen LogP contribution >= 0.6 is 23.4 Å². The van der Waals surface area contributed by atoms with E-state index in [9.17, 15) is 10.1 Å². The van der Waals surface area contributed by atoms with E-state index in [1.165, 1.54) is 11.8 Å². The summed E-state index contributed by atoms with van der Waals surface area (Å²) >= 11 is 7.30. The van der Waals surface area contributed by atoms with Crippen molar-refractivity contribution in [2.45, 2.75) is 4.90 Å². The Balaban J connectivity index is 2.43. The van der Waals surface area contributed by atoms with Crippen molar-refractivity contribution in [3.8, 4) is 40.0 Å². The summed E-state index contributed by atoms with van der Waals surface area (Å²) in [6.45, 7) is 0. The number of rotatable bonds is 5. The zero-order valence-electron chi connectivity index (χ0n) is 15.4. The smallest absolute Gasteiger partial charge is 0.355 e. The van der Waals surface area contributed by atoms with Crippen molar-refractivity contribution >= 4 is 23.4 Å². The molecule has 0 aliphatic carbocycles. The SMILES string of the molecule is COc1ccc(-c2c(-c3ccc(Cl)cc3)oc(=O)c(C#N)c2SC)c(OC)c1. The van der Waals surface area contributed by atoms with Gasteiger partial charge >= 0.3 is 5.63 Å². The van der Waals surface area contributed by atoms with Crippen LogP contribution in [0.2, 0.25) is 5.02 Å². The highest BCUT2D eigenvalue weighted by Gasteiger charge is 2.24. The van der Waals surface area contributed by atoms with Gasteiger partial charge in [-0.15, -0.1) is 11.8 Å². The number of ether oxygens (including phenoxy) is 2. The molecule has 0 spiro atoms. The second-order valence-corrected chi connectivity index (χ2v) is 6.94. The summed E-state index contributed by atoms with van der Waals surface area (Å²) in [7, 11) is 3.11. The average molecular weight is 414 g/mol. The standard InChI is InChI=1S/C21H16ClNO4S/c1-25-14-8-9-15(17(10-14)26-2)18-19(12-4-6-13(22)7-5-12)27-21(24)16(11-23)20(18)28-3/h4-10H,1-3H3. The summed E-state index contributed by atoms with van der Waals surface area (Å²) in [5, 5.41) is 10.1. The Labute approximate surface area is 171 Å². The lowest BCUT2D eigenvalue weighted by molar-refractivity contribution is 0.395. The molecule has 0 aliphatic heterocycles. The highest BCUT2D eigenvalue weighted by Crippen LogP contribution is 2.44. The monoisotopic (exact) mass is 413 g/mol. The Morgan fingerprint density at radius 2 is 1.82 bits per heavy atom. The summed E-state index contributed by atoms with van der Waals surface area (Å²) in [5.41, 5.74) is 1.21. The molecule has 142 valence electrons. The number of nitriles is 1. The normalized spacial score (nSPS) is 10.4. The molecule has 0 unspecified atom stereocenters. The topological polar surface area (TPSA) is 72.5 Å². The molecule has 5 nitrogen and oxygen atoms in total. The minimum Gasteiger partial charge on any atom is -0.497 e. The summed E-state index contributed by atoms with van der Waals surface area (Å²) in [4.78, 5) is 13.0. The van der Waals surface area contributed by atoms with Crippen molar-refractivity contribution in [1.82, 2.24) is 0 Å². The summed E-state index contributed by atoms with van der Waals surface area (Å²) < 4.78 is 16.4. The zero-order valence-corrected chi connectivity index (χ0v) is 17.0. The lowest BCUT2D eigenvalue weighted by atomic mass is 9.98. The van der Waals surface area contributed by atoms with Crippen LogP contribution in [-0.4, -0.2) is 20.5 Å². The Morgan fingerprint density at radius 3 is 2.39 bits per heavy atom. The van der Waals surface area contributed by atoms with Gasteiger partial charge in [-0.1, -0.05) is 11.6 Å². The van der Waals surface area contributed by atoms with Crippen molar-refractivity contribution in [2.75, 3.05) is 20.5 Å². The van der Waals surface area contributed by atoms with Crippen LogP contribution in [-0.2, 0) is 0 Å². The number of hydrogen-bond donors (Lipinski definition) is 0. The summed E-state index contributed by atoms with van der Waals surface area (Å²) in [6, 6.07) is 14.2. The van der Waals surface area contributed by atoms with Gasteiger partial charge in [-0.3, -0.25) is 0 Å². The lowest BCUT2D eigenvalue weighted by Gasteiger charge is -2.17. The predicted octanol–water partition coefficient (Wildman–Crippen LogP) is 5.24. The number of benzene rings is 2. The lowest BCUT2D eigenvalue weighted by Crippen LogP contribution is -2.09. The molecule has 0 N–H and O–H groups in total. The highest BCUT2D eigenvalue weighted by molar-refractivity contribution is 7.98. The highest BCUT2D eigenvalue weighted by atomic mass is 35.5. The van der Waals surface area contributed by atoms with E-state index in [2.05, 4.69) is 0 Å². The maximum Gasteiger partial charge on any atom is 0.355 e. The van der Waals surface area contributed by atoms with E-state index >= 15 is 0 Å². The van der Waals surface area contributed by atoms with Gasteiger partial charge in [0.2, 0.25) is 0 Å². The van der Waals surface area contributed by atoms with Gasteiger partial charge in [-0.25, -0.2) is 4.79 Å². The van der Waals surface area contributed by atoms with Crippen molar-refractivity contribution in [1.29, 1.82) is 5.26 Å². The number of hydrogen-bond acceptors (Lipinski definition) is 6. The Morgan fingerprint density at radius 1 is 1.11 bits per heavy atom. The first kappa shape index (κ1) is 19.9. The number of methoxy groups -OCH3 is 2. The van der Waals surface area contributed by atoms with Crippen LogP contribution in [0.1, 0.15) is 5.56 Å². The third kappa shape index (κ3) is 3.59. The van der Waals surface area contributed by atoms with E-state index in [1.807, 2.05) is 12.1 Å². The van der Waals surface area contributed by atoms with Gasteiger partial charge in [0.05, 0.1) is 14.2 Å². The second kappa shape index (κ2) is 8.42. The van der Waals surface area contributed by atoms with Gasteiger partial charge in [0.25, 0.3) is 0 Å². The molecule has 3 aromatic rings. The number of nitrogens with zero attached hydrogens (tertiary/aromatic N) is 1. The molecule has 0 atom stereocenters. The first-order valence-corrected chi connectivity index (χ1v) is 9.77. The molecule has 0 amide bonds. The molecule has 0 bridgehead atoms. The third-order valence-corrected chi connectivity index (χ3v) is 5.25. The molecule has 0 saturated heterocycles. The van der Waals surface area contributed by atoms with Gasteiger partial charge in [-0.2, -0.15) is 5.26 Å². The molecule has 0 aliphatic rings. The van der Waals surface area contributed by atoms with Crippen LogP contribution in [0.25, 0.3) is 22.5 Å². The molecule has 7 heteroatoms. The first-order chi connectivity index (χ1) is 13.5. The molecule has 28 heavy (non-hydrogen) atoms. The molecule has 3 rings (SSSR count). The predicted molar refractivity (Wildman–Crippen MR) is 110 cm³/mol. The van der Waals surface area contributed by atoms with E-state index in [-0.39, 0.29) is 5.56 Å². The number of halogens is 1. The van der Waals surface area contributed by atoms with Gasteiger partial charge in [-0.05, 0) is 42.7 Å². The van der Waals surface area contributed by atoms with Crippen molar-refractivity contribution in [3.05, 3.63) is 63.5 Å². The molecule has 1 heterocycles. The van der Waals surface area contributed by atoms with Crippen molar-refractivity contribution < 1.29 is 13.9 Å². The molecule has 0 saturated carbocycles. The van der Waals surface area contributed by atoms with Gasteiger partial charge in [0, 0.05) is 32.7 Å². The summed E-state index contributed by atoms with van der Waals surface area (Å²) in [5.74, 6) is 1.49.